The van der Waals surface area contributed by atoms with Gasteiger partial charge in [-0.1, -0.05) is 45.8 Å². The van der Waals surface area contributed by atoms with Crippen LogP contribution in [0.1, 0.15) is 31.8 Å². The van der Waals surface area contributed by atoms with Gasteiger partial charge < -0.3 is 10.1 Å². The Bertz CT molecular complexity index is 1130. The van der Waals surface area contributed by atoms with Crippen molar-refractivity contribution in [2.45, 2.75) is 6.92 Å². The number of anilines is 1. The first-order valence-corrected chi connectivity index (χ1v) is 10.4. The number of nitrogens with zero attached hydrogens (tertiary/aromatic N) is 1. The summed E-state index contributed by atoms with van der Waals surface area (Å²) in [5.41, 5.74) is 5.60. The van der Waals surface area contributed by atoms with Crippen molar-refractivity contribution in [2.75, 3.05) is 11.9 Å². The molecule has 0 bridgehead atoms. The Morgan fingerprint density at radius 1 is 0.906 bits per heavy atom. The average molecular weight is 494 g/mol. The molecule has 8 heteroatoms. The summed E-state index contributed by atoms with van der Waals surface area (Å²) in [5.74, 6) is -1.37. The van der Waals surface area contributed by atoms with Crippen LogP contribution in [-0.4, -0.2) is 30.6 Å². The third-order valence-corrected chi connectivity index (χ3v) is 4.83. The fraction of sp³-hybridized carbons (Fsp3) is 0.0833. The molecule has 0 spiro atoms. The fourth-order valence-electron chi connectivity index (χ4n) is 2.58. The Labute approximate surface area is 193 Å². The summed E-state index contributed by atoms with van der Waals surface area (Å²) in [6.07, 6.45) is 1.46. The molecule has 3 rings (SSSR count). The molecule has 0 heterocycles. The highest BCUT2D eigenvalue weighted by Crippen LogP contribution is 2.11. The van der Waals surface area contributed by atoms with E-state index < -0.39 is 18.5 Å². The second kappa shape index (κ2) is 11.0. The maximum Gasteiger partial charge on any atom is 0.338 e. The highest BCUT2D eigenvalue weighted by molar-refractivity contribution is 9.10. The number of ether oxygens (including phenoxy) is 1. The third kappa shape index (κ3) is 6.88. The predicted octanol–water partition coefficient (Wildman–Crippen LogP) is 4.32. The molecule has 0 saturated carbocycles. The van der Waals surface area contributed by atoms with E-state index in [1.165, 1.54) is 6.21 Å². The monoisotopic (exact) mass is 493 g/mol. The summed E-state index contributed by atoms with van der Waals surface area (Å²) in [6.45, 7) is 1.56. The number of benzene rings is 3. The molecule has 2 N–H and O–H groups in total. The number of rotatable bonds is 7. The molecule has 0 radical (unpaired) electrons. The summed E-state index contributed by atoms with van der Waals surface area (Å²) in [4.78, 5) is 36.1. The van der Waals surface area contributed by atoms with Crippen LogP contribution in [0.5, 0.6) is 0 Å². The van der Waals surface area contributed by atoms with Gasteiger partial charge in [-0.25, -0.2) is 10.2 Å². The van der Waals surface area contributed by atoms with Crippen molar-refractivity contribution >= 4 is 45.6 Å². The van der Waals surface area contributed by atoms with Gasteiger partial charge in [0.1, 0.15) is 0 Å². The SMILES string of the molecule is Cc1ccc(NC(=O)COC(=O)c2ccc(/C=N/NC(=O)c3ccc(Br)cc3)cc2)cc1. The molecule has 0 atom stereocenters. The van der Waals surface area contributed by atoms with E-state index in [2.05, 4.69) is 31.8 Å². The summed E-state index contributed by atoms with van der Waals surface area (Å²) in [5, 5.41) is 6.58. The number of amides is 2. The minimum absolute atomic E-state index is 0.296. The molecule has 3 aromatic rings. The number of hydrogen-bond acceptors (Lipinski definition) is 5. The zero-order valence-corrected chi connectivity index (χ0v) is 18.8. The minimum Gasteiger partial charge on any atom is -0.452 e. The number of nitrogens with one attached hydrogen (secondary N) is 2. The van der Waals surface area contributed by atoms with E-state index in [1.54, 1.807) is 60.7 Å². The second-order valence-corrected chi connectivity index (χ2v) is 7.73. The normalized spacial score (nSPS) is 10.6. The molecule has 2 amide bonds. The van der Waals surface area contributed by atoms with Gasteiger partial charge in [-0.3, -0.25) is 9.59 Å². The summed E-state index contributed by atoms with van der Waals surface area (Å²) in [7, 11) is 0. The average Bonchev–Trinajstić information content (AvgIpc) is 2.80. The van der Waals surface area contributed by atoms with E-state index in [0.29, 0.717) is 22.4 Å². The van der Waals surface area contributed by atoms with Crippen molar-refractivity contribution < 1.29 is 19.1 Å². The molecule has 0 aliphatic heterocycles. The van der Waals surface area contributed by atoms with Crippen LogP contribution in [0, 0.1) is 6.92 Å². The molecule has 0 fully saturated rings. The molecule has 0 unspecified atom stereocenters. The van der Waals surface area contributed by atoms with Gasteiger partial charge in [-0.2, -0.15) is 5.10 Å². The Kier molecular flexibility index (Phi) is 7.88. The van der Waals surface area contributed by atoms with Crippen molar-refractivity contribution in [1.29, 1.82) is 0 Å². The van der Waals surface area contributed by atoms with Crippen molar-refractivity contribution in [2.24, 2.45) is 5.10 Å². The van der Waals surface area contributed by atoms with Gasteiger partial charge in [0.25, 0.3) is 11.8 Å². The molecule has 0 aliphatic rings. The van der Waals surface area contributed by atoms with Gasteiger partial charge in [-0.15, -0.1) is 0 Å². The maximum atomic E-state index is 12.1. The second-order valence-electron chi connectivity index (χ2n) is 6.82. The van der Waals surface area contributed by atoms with E-state index in [0.717, 1.165) is 10.0 Å². The predicted molar refractivity (Wildman–Crippen MR) is 126 cm³/mol. The topological polar surface area (TPSA) is 96.9 Å². The molecule has 32 heavy (non-hydrogen) atoms. The molecule has 7 nitrogen and oxygen atoms in total. The van der Waals surface area contributed by atoms with Gasteiger partial charge in [0, 0.05) is 15.7 Å². The van der Waals surface area contributed by atoms with Crippen molar-refractivity contribution in [3.05, 3.63) is 99.5 Å². The summed E-state index contributed by atoms with van der Waals surface area (Å²) < 4.78 is 5.93. The molecular formula is C24H20BrN3O4. The quantitative estimate of drug-likeness (QED) is 0.291. The van der Waals surface area contributed by atoms with Crippen LogP contribution in [0.2, 0.25) is 0 Å². The lowest BCUT2D eigenvalue weighted by molar-refractivity contribution is -0.119. The van der Waals surface area contributed by atoms with E-state index in [1.807, 2.05) is 19.1 Å². The first-order valence-electron chi connectivity index (χ1n) is 9.63. The molecule has 0 aliphatic carbocycles. The van der Waals surface area contributed by atoms with Crippen LogP contribution in [0.3, 0.4) is 0 Å². The molecule has 162 valence electrons. The lowest BCUT2D eigenvalue weighted by Crippen LogP contribution is -2.20. The Hall–Kier alpha value is -3.78. The zero-order valence-electron chi connectivity index (χ0n) is 17.2. The standard InChI is InChI=1S/C24H20BrN3O4/c1-16-2-12-21(13-3-16)27-22(29)15-32-24(31)19-6-4-17(5-7-19)14-26-28-23(30)18-8-10-20(25)11-9-18/h2-14H,15H2,1H3,(H,27,29)(H,28,30)/b26-14+. The maximum absolute atomic E-state index is 12.1. The number of hydrazone groups is 1. The Morgan fingerprint density at radius 3 is 2.19 bits per heavy atom. The lowest BCUT2D eigenvalue weighted by atomic mass is 10.1. The fourth-order valence-corrected chi connectivity index (χ4v) is 2.85. The first-order chi connectivity index (χ1) is 15.4. The van der Waals surface area contributed by atoms with Gasteiger partial charge in [0.2, 0.25) is 0 Å². The molecule has 0 saturated heterocycles. The van der Waals surface area contributed by atoms with Crippen LogP contribution in [0.4, 0.5) is 5.69 Å². The van der Waals surface area contributed by atoms with Crippen LogP contribution >= 0.6 is 15.9 Å². The van der Waals surface area contributed by atoms with Gasteiger partial charge in [-0.05, 0) is 61.0 Å². The van der Waals surface area contributed by atoms with Gasteiger partial charge in [0.15, 0.2) is 6.61 Å². The van der Waals surface area contributed by atoms with Crippen molar-refractivity contribution in [1.82, 2.24) is 5.43 Å². The van der Waals surface area contributed by atoms with Gasteiger partial charge >= 0.3 is 5.97 Å². The number of halogens is 1. The molecule has 3 aromatic carbocycles. The summed E-state index contributed by atoms with van der Waals surface area (Å²) in [6, 6.07) is 20.6. The highest BCUT2D eigenvalue weighted by atomic mass is 79.9. The van der Waals surface area contributed by atoms with Gasteiger partial charge in [0.05, 0.1) is 11.8 Å². The Morgan fingerprint density at radius 2 is 1.53 bits per heavy atom. The van der Waals surface area contributed by atoms with Crippen molar-refractivity contribution in [3.8, 4) is 0 Å². The van der Waals surface area contributed by atoms with Crippen LogP contribution in [-0.2, 0) is 9.53 Å². The smallest absolute Gasteiger partial charge is 0.338 e. The minimum atomic E-state index is -0.615. The number of carbonyl (C=O) groups is 3. The number of aryl methyl sites for hydroxylation is 1. The zero-order chi connectivity index (χ0) is 22.9. The van der Waals surface area contributed by atoms with Crippen LogP contribution in [0.25, 0.3) is 0 Å². The van der Waals surface area contributed by atoms with Crippen LogP contribution in [0.15, 0.2) is 82.4 Å². The number of hydrogen-bond donors (Lipinski definition) is 2. The molecular weight excluding hydrogens is 474 g/mol. The molecule has 0 aromatic heterocycles. The number of carbonyl (C=O) groups excluding carboxylic acids is 3. The number of esters is 1. The van der Waals surface area contributed by atoms with E-state index in [-0.39, 0.29) is 5.91 Å². The first kappa shape index (κ1) is 22.9. The van der Waals surface area contributed by atoms with E-state index >= 15 is 0 Å². The van der Waals surface area contributed by atoms with Crippen molar-refractivity contribution in [3.63, 3.8) is 0 Å². The highest BCUT2D eigenvalue weighted by Gasteiger charge is 2.10. The summed E-state index contributed by atoms with van der Waals surface area (Å²) >= 11 is 3.31. The van der Waals surface area contributed by atoms with Crippen LogP contribution < -0.4 is 10.7 Å². The lowest BCUT2D eigenvalue weighted by Gasteiger charge is -2.07. The van der Waals surface area contributed by atoms with E-state index in [4.69, 9.17) is 4.74 Å². The largest absolute Gasteiger partial charge is 0.452 e. The Balaban J connectivity index is 1.46. The third-order valence-electron chi connectivity index (χ3n) is 4.30. The van der Waals surface area contributed by atoms with E-state index in [9.17, 15) is 14.4 Å².